The lowest BCUT2D eigenvalue weighted by Crippen LogP contribution is -2.25. The minimum atomic E-state index is -0.276. The first-order valence-electron chi connectivity index (χ1n) is 6.96. The van der Waals surface area contributed by atoms with Gasteiger partial charge in [0.25, 0.3) is 0 Å². The molecule has 1 aliphatic carbocycles. The van der Waals surface area contributed by atoms with E-state index in [0.717, 1.165) is 18.7 Å². The van der Waals surface area contributed by atoms with Crippen molar-refractivity contribution in [1.29, 1.82) is 0 Å². The molecule has 0 atom stereocenters. The Morgan fingerprint density at radius 1 is 1.29 bits per heavy atom. The fourth-order valence-electron chi connectivity index (χ4n) is 2.49. The van der Waals surface area contributed by atoms with Crippen LogP contribution < -0.4 is 5.73 Å². The first-order chi connectivity index (χ1) is 10.1. The van der Waals surface area contributed by atoms with E-state index in [1.54, 1.807) is 17.4 Å². The molecule has 0 radical (unpaired) electrons. The molecule has 3 rings (SSSR count). The Hall–Kier alpha value is -1.30. The van der Waals surface area contributed by atoms with Gasteiger partial charge in [-0.15, -0.1) is 0 Å². The lowest BCUT2D eigenvalue weighted by Gasteiger charge is -2.22. The quantitative estimate of drug-likeness (QED) is 0.823. The first-order valence-corrected chi connectivity index (χ1v) is 8.31. The van der Waals surface area contributed by atoms with E-state index in [1.807, 2.05) is 6.07 Å². The monoisotopic (exact) mass is 320 g/mol. The van der Waals surface area contributed by atoms with Gasteiger partial charge in [-0.05, 0) is 59.0 Å². The second kappa shape index (κ2) is 6.22. The zero-order valence-corrected chi connectivity index (χ0v) is 13.2. The fourth-order valence-corrected chi connectivity index (χ4v) is 3.27. The Kier molecular flexibility index (Phi) is 4.33. The van der Waals surface area contributed by atoms with Crippen LogP contribution in [0.1, 0.15) is 29.5 Å². The molecule has 0 spiro atoms. The molecular formula is C16H17FN2S2. The summed E-state index contributed by atoms with van der Waals surface area (Å²) in [6.07, 6.45) is 2.45. The molecule has 1 heterocycles. The van der Waals surface area contributed by atoms with E-state index in [2.05, 4.69) is 21.7 Å². The van der Waals surface area contributed by atoms with Crippen LogP contribution in [0.4, 0.5) is 4.39 Å². The third-order valence-electron chi connectivity index (χ3n) is 3.66. The maximum Gasteiger partial charge on any atom is 0.124 e. The molecule has 1 fully saturated rings. The highest BCUT2D eigenvalue weighted by Crippen LogP contribution is 2.30. The molecule has 1 saturated carbocycles. The minimum Gasteiger partial charge on any atom is -0.389 e. The van der Waals surface area contributed by atoms with Gasteiger partial charge in [-0.2, -0.15) is 11.3 Å². The Morgan fingerprint density at radius 3 is 2.67 bits per heavy atom. The number of nitrogens with two attached hydrogens (primary N) is 1. The van der Waals surface area contributed by atoms with Gasteiger partial charge in [-0.3, -0.25) is 4.90 Å². The van der Waals surface area contributed by atoms with Gasteiger partial charge in [-0.1, -0.05) is 12.2 Å². The normalized spacial score (nSPS) is 14.6. The van der Waals surface area contributed by atoms with E-state index < -0.39 is 0 Å². The molecule has 2 N–H and O–H groups in total. The van der Waals surface area contributed by atoms with Crippen LogP contribution in [0.15, 0.2) is 35.0 Å². The van der Waals surface area contributed by atoms with Gasteiger partial charge in [0.15, 0.2) is 0 Å². The van der Waals surface area contributed by atoms with Crippen molar-refractivity contribution in [2.75, 3.05) is 0 Å². The summed E-state index contributed by atoms with van der Waals surface area (Å²) < 4.78 is 13.7. The van der Waals surface area contributed by atoms with E-state index in [9.17, 15) is 4.39 Å². The van der Waals surface area contributed by atoms with Crippen molar-refractivity contribution in [2.45, 2.75) is 32.0 Å². The van der Waals surface area contributed by atoms with Crippen LogP contribution in [0.3, 0.4) is 0 Å². The highest BCUT2D eigenvalue weighted by Gasteiger charge is 2.29. The summed E-state index contributed by atoms with van der Waals surface area (Å²) in [4.78, 5) is 2.65. The van der Waals surface area contributed by atoms with E-state index in [1.165, 1.54) is 24.5 Å². The molecule has 110 valence electrons. The number of hydrogen-bond donors (Lipinski definition) is 1. The van der Waals surface area contributed by atoms with Crippen LogP contribution in [0.5, 0.6) is 0 Å². The maximum atomic E-state index is 13.7. The molecule has 0 amide bonds. The minimum absolute atomic E-state index is 0.242. The molecule has 1 aliphatic rings. The molecular weight excluding hydrogens is 303 g/mol. The number of halogens is 1. The summed E-state index contributed by atoms with van der Waals surface area (Å²) in [6.45, 7) is 1.64. The first kappa shape index (κ1) is 14.6. The molecule has 21 heavy (non-hydrogen) atoms. The number of rotatable bonds is 6. The molecule has 5 heteroatoms. The van der Waals surface area contributed by atoms with E-state index in [4.69, 9.17) is 18.0 Å². The van der Waals surface area contributed by atoms with Crippen molar-refractivity contribution in [2.24, 2.45) is 5.73 Å². The van der Waals surface area contributed by atoms with Crippen LogP contribution in [0, 0.1) is 5.82 Å². The van der Waals surface area contributed by atoms with Crippen molar-refractivity contribution >= 4 is 28.5 Å². The van der Waals surface area contributed by atoms with Gasteiger partial charge in [0.05, 0.1) is 0 Å². The van der Waals surface area contributed by atoms with Crippen LogP contribution in [0.25, 0.3) is 0 Å². The van der Waals surface area contributed by atoms with Crippen LogP contribution in [0.2, 0.25) is 0 Å². The number of thiocarbonyl (C=S) groups is 1. The Labute approximate surface area is 133 Å². The lowest BCUT2D eigenvalue weighted by molar-refractivity contribution is 0.246. The number of hydrogen-bond acceptors (Lipinski definition) is 3. The molecule has 0 bridgehead atoms. The van der Waals surface area contributed by atoms with Crippen LogP contribution >= 0.6 is 23.6 Å². The Bertz CT molecular complexity index is 636. The third-order valence-corrected chi connectivity index (χ3v) is 4.62. The summed E-state index contributed by atoms with van der Waals surface area (Å²) >= 11 is 6.66. The average Bonchev–Trinajstić information content (AvgIpc) is 3.16. The van der Waals surface area contributed by atoms with Gasteiger partial charge in [0.2, 0.25) is 0 Å². The molecule has 2 aromatic rings. The number of thiophene rings is 1. The second-order valence-electron chi connectivity index (χ2n) is 5.48. The standard InChI is InChI=1S/C16H17FN2S2/c17-14-6-12(5-13(7-14)16(18)20)9-19(15-1-2-15)8-11-3-4-21-10-11/h3-7,10,15H,1-2,8-9H2,(H2,18,20). The Balaban J connectivity index is 1.78. The number of benzene rings is 1. The SMILES string of the molecule is NC(=S)c1cc(F)cc(CN(Cc2ccsc2)C2CC2)c1. The van der Waals surface area contributed by atoms with Gasteiger partial charge in [-0.25, -0.2) is 4.39 Å². The van der Waals surface area contributed by atoms with Crippen molar-refractivity contribution in [3.8, 4) is 0 Å². The zero-order chi connectivity index (χ0) is 14.8. The van der Waals surface area contributed by atoms with Crippen molar-refractivity contribution in [3.63, 3.8) is 0 Å². The molecule has 2 nitrogen and oxygen atoms in total. The van der Waals surface area contributed by atoms with E-state index >= 15 is 0 Å². The summed E-state index contributed by atoms with van der Waals surface area (Å²) in [5, 5.41) is 4.26. The predicted octanol–water partition coefficient (Wildman–Crippen LogP) is 3.69. The van der Waals surface area contributed by atoms with Crippen molar-refractivity contribution in [1.82, 2.24) is 4.90 Å². The smallest absolute Gasteiger partial charge is 0.124 e. The summed E-state index contributed by atoms with van der Waals surface area (Å²) in [5.41, 5.74) is 8.47. The highest BCUT2D eigenvalue weighted by atomic mass is 32.1. The van der Waals surface area contributed by atoms with E-state index in [-0.39, 0.29) is 10.8 Å². The molecule has 1 aromatic heterocycles. The molecule has 0 saturated heterocycles. The summed E-state index contributed by atoms with van der Waals surface area (Å²) in [6, 6.07) is 7.62. The second-order valence-corrected chi connectivity index (χ2v) is 6.70. The topological polar surface area (TPSA) is 29.3 Å². The molecule has 0 unspecified atom stereocenters. The third kappa shape index (κ3) is 3.87. The van der Waals surface area contributed by atoms with Crippen molar-refractivity contribution < 1.29 is 4.39 Å². The van der Waals surface area contributed by atoms with Crippen molar-refractivity contribution in [3.05, 3.63) is 57.5 Å². The van der Waals surface area contributed by atoms with Gasteiger partial charge in [0, 0.05) is 24.7 Å². The largest absolute Gasteiger partial charge is 0.389 e. The summed E-state index contributed by atoms with van der Waals surface area (Å²) in [7, 11) is 0. The molecule has 0 aliphatic heterocycles. The van der Waals surface area contributed by atoms with Gasteiger partial charge >= 0.3 is 0 Å². The maximum absolute atomic E-state index is 13.7. The highest BCUT2D eigenvalue weighted by molar-refractivity contribution is 7.80. The Morgan fingerprint density at radius 2 is 2.05 bits per heavy atom. The van der Waals surface area contributed by atoms with Gasteiger partial charge in [0.1, 0.15) is 10.8 Å². The average molecular weight is 320 g/mol. The van der Waals surface area contributed by atoms with Crippen LogP contribution in [-0.4, -0.2) is 15.9 Å². The number of nitrogens with zero attached hydrogens (tertiary/aromatic N) is 1. The zero-order valence-electron chi connectivity index (χ0n) is 11.6. The summed E-state index contributed by atoms with van der Waals surface area (Å²) in [5.74, 6) is -0.276. The lowest BCUT2D eigenvalue weighted by atomic mass is 10.1. The van der Waals surface area contributed by atoms with E-state index in [0.29, 0.717) is 11.6 Å². The fraction of sp³-hybridized carbons (Fsp3) is 0.312. The molecule has 1 aromatic carbocycles. The predicted molar refractivity (Wildman–Crippen MR) is 88.9 cm³/mol. The van der Waals surface area contributed by atoms with Gasteiger partial charge < -0.3 is 5.73 Å². The van der Waals surface area contributed by atoms with Crippen LogP contribution in [-0.2, 0) is 13.1 Å².